The minimum atomic E-state index is 0.690. The first-order valence-corrected chi connectivity index (χ1v) is 17.3. The van der Waals surface area contributed by atoms with Gasteiger partial charge in [-0.15, -0.1) is 0 Å². The Kier molecular flexibility index (Phi) is 6.81. The summed E-state index contributed by atoms with van der Waals surface area (Å²) in [5, 5.41) is 5.81. The zero-order chi connectivity index (χ0) is 33.7. The summed E-state index contributed by atoms with van der Waals surface area (Å²) in [6.45, 7) is 0. The largest absolute Gasteiger partial charge is 0.293 e. The number of para-hydroxylation sites is 1. The fourth-order valence-electron chi connectivity index (χ4n) is 7.50. The van der Waals surface area contributed by atoms with Gasteiger partial charge in [0.25, 0.3) is 0 Å². The Labute approximate surface area is 295 Å². The Balaban J connectivity index is 1.31. The van der Waals surface area contributed by atoms with Gasteiger partial charge in [-0.25, -0.2) is 9.97 Å². The second kappa shape index (κ2) is 11.9. The third-order valence-corrected chi connectivity index (χ3v) is 9.99. The van der Waals surface area contributed by atoms with Gasteiger partial charge in [0, 0.05) is 21.7 Å². The highest BCUT2D eigenvalue weighted by atomic mass is 15.1. The molecule has 0 unspecified atom stereocenters. The minimum absolute atomic E-state index is 0.690. The molecule has 0 N–H and O–H groups in total. The van der Waals surface area contributed by atoms with E-state index in [1.807, 2.05) is 6.07 Å². The molecule has 0 saturated carbocycles. The molecule has 2 aromatic heterocycles. The Morgan fingerprint density at radius 3 is 1.55 bits per heavy atom. The highest BCUT2D eigenvalue weighted by Crippen LogP contribution is 2.41. The predicted octanol–water partition coefficient (Wildman–Crippen LogP) is 12.5. The lowest BCUT2D eigenvalue weighted by molar-refractivity contribution is 1.08. The lowest BCUT2D eigenvalue weighted by atomic mass is 9.92. The van der Waals surface area contributed by atoms with E-state index in [0.717, 1.165) is 61.1 Å². The third kappa shape index (κ3) is 4.98. The van der Waals surface area contributed by atoms with Gasteiger partial charge in [0.1, 0.15) is 5.82 Å². The predicted molar refractivity (Wildman–Crippen MR) is 213 cm³/mol. The second-order valence-corrected chi connectivity index (χ2v) is 13.0. The standard InChI is InChI=1S/C48H31N3/c1-4-14-32(15-5-1)33-24-26-36(27-25-33)47-49-44-31-41(35-18-8-3-9-19-35)40(34-16-6-2-7-17-34)30-43(44)48(50-47)51-45-23-13-12-22-39(45)42-28-37-20-10-11-21-38(37)29-46(42)51/h1-31H. The van der Waals surface area contributed by atoms with E-state index in [1.165, 1.54) is 27.1 Å². The molecule has 0 fully saturated rings. The lowest BCUT2D eigenvalue weighted by Crippen LogP contribution is -2.03. The maximum absolute atomic E-state index is 5.49. The highest BCUT2D eigenvalue weighted by Gasteiger charge is 2.21. The summed E-state index contributed by atoms with van der Waals surface area (Å²) >= 11 is 0. The third-order valence-electron chi connectivity index (χ3n) is 9.99. The monoisotopic (exact) mass is 649 g/mol. The van der Waals surface area contributed by atoms with Gasteiger partial charge < -0.3 is 0 Å². The number of aromatic nitrogens is 3. The van der Waals surface area contributed by atoms with Gasteiger partial charge in [-0.2, -0.15) is 0 Å². The van der Waals surface area contributed by atoms with E-state index in [1.54, 1.807) is 0 Å². The lowest BCUT2D eigenvalue weighted by Gasteiger charge is -2.17. The van der Waals surface area contributed by atoms with Crippen LogP contribution < -0.4 is 0 Å². The summed E-state index contributed by atoms with van der Waals surface area (Å²) in [4.78, 5) is 10.8. The zero-order valence-electron chi connectivity index (χ0n) is 27.7. The normalized spacial score (nSPS) is 11.5. The molecule has 51 heavy (non-hydrogen) atoms. The van der Waals surface area contributed by atoms with Crippen LogP contribution in [0, 0.1) is 0 Å². The Bertz CT molecular complexity index is 2870. The van der Waals surface area contributed by atoms with Crippen molar-refractivity contribution >= 4 is 43.5 Å². The number of rotatable bonds is 5. The summed E-state index contributed by atoms with van der Waals surface area (Å²) in [6.07, 6.45) is 0. The van der Waals surface area contributed by atoms with Crippen LogP contribution in [-0.2, 0) is 0 Å². The quantitative estimate of drug-likeness (QED) is 0.186. The summed E-state index contributed by atoms with van der Waals surface area (Å²) in [7, 11) is 0. The molecule has 10 rings (SSSR count). The van der Waals surface area contributed by atoms with Crippen molar-refractivity contribution in [3.05, 3.63) is 188 Å². The highest BCUT2D eigenvalue weighted by molar-refractivity contribution is 6.14. The fraction of sp³-hybridized carbons (Fsp3) is 0. The van der Waals surface area contributed by atoms with Crippen LogP contribution in [0.15, 0.2) is 188 Å². The Morgan fingerprint density at radius 2 is 0.863 bits per heavy atom. The Hall–Kier alpha value is -6.84. The van der Waals surface area contributed by atoms with Gasteiger partial charge >= 0.3 is 0 Å². The summed E-state index contributed by atoms with van der Waals surface area (Å²) < 4.78 is 2.35. The van der Waals surface area contributed by atoms with Gasteiger partial charge in [0.2, 0.25) is 0 Å². The minimum Gasteiger partial charge on any atom is -0.293 e. The van der Waals surface area contributed by atoms with Gasteiger partial charge in [-0.1, -0.05) is 158 Å². The van der Waals surface area contributed by atoms with Crippen molar-refractivity contribution in [1.82, 2.24) is 14.5 Å². The molecule has 238 valence electrons. The van der Waals surface area contributed by atoms with E-state index in [-0.39, 0.29) is 0 Å². The van der Waals surface area contributed by atoms with Crippen molar-refractivity contribution in [3.8, 4) is 50.6 Å². The van der Waals surface area contributed by atoms with Gasteiger partial charge in [0.05, 0.1) is 16.6 Å². The molecule has 0 saturated heterocycles. The second-order valence-electron chi connectivity index (χ2n) is 13.0. The molecule has 0 radical (unpaired) electrons. The molecule has 0 bridgehead atoms. The van der Waals surface area contributed by atoms with Crippen molar-refractivity contribution < 1.29 is 0 Å². The molecule has 0 spiro atoms. The first-order chi connectivity index (χ1) is 25.3. The molecule has 0 aliphatic carbocycles. The van der Waals surface area contributed by atoms with E-state index in [2.05, 4.69) is 187 Å². The van der Waals surface area contributed by atoms with Crippen LogP contribution in [0.2, 0.25) is 0 Å². The number of fused-ring (bicyclic) bond motifs is 5. The molecule has 8 aromatic carbocycles. The van der Waals surface area contributed by atoms with Crippen LogP contribution in [-0.4, -0.2) is 14.5 Å². The van der Waals surface area contributed by atoms with Crippen molar-refractivity contribution in [3.63, 3.8) is 0 Å². The van der Waals surface area contributed by atoms with Gasteiger partial charge in [0.15, 0.2) is 5.82 Å². The number of benzene rings is 8. The van der Waals surface area contributed by atoms with Crippen LogP contribution in [0.1, 0.15) is 0 Å². The first kappa shape index (κ1) is 29.1. The molecule has 3 heteroatoms. The van der Waals surface area contributed by atoms with Crippen molar-refractivity contribution in [2.45, 2.75) is 0 Å². The molecule has 0 aliphatic heterocycles. The smallest absolute Gasteiger partial charge is 0.162 e. The average molecular weight is 650 g/mol. The van der Waals surface area contributed by atoms with E-state index in [9.17, 15) is 0 Å². The van der Waals surface area contributed by atoms with Crippen molar-refractivity contribution in [1.29, 1.82) is 0 Å². The summed E-state index contributed by atoms with van der Waals surface area (Å²) in [6, 6.07) is 66.8. The van der Waals surface area contributed by atoms with E-state index in [0.29, 0.717) is 5.82 Å². The molecular formula is C48H31N3. The molecular weight excluding hydrogens is 619 g/mol. The molecule has 0 amide bonds. The topological polar surface area (TPSA) is 30.7 Å². The van der Waals surface area contributed by atoms with E-state index >= 15 is 0 Å². The average Bonchev–Trinajstić information content (AvgIpc) is 3.53. The summed E-state index contributed by atoms with van der Waals surface area (Å²) in [5.41, 5.74) is 11.0. The van der Waals surface area contributed by atoms with Gasteiger partial charge in [-0.05, 0) is 74.5 Å². The maximum atomic E-state index is 5.49. The fourth-order valence-corrected chi connectivity index (χ4v) is 7.50. The maximum Gasteiger partial charge on any atom is 0.162 e. The zero-order valence-corrected chi connectivity index (χ0v) is 27.7. The first-order valence-electron chi connectivity index (χ1n) is 17.3. The van der Waals surface area contributed by atoms with E-state index < -0.39 is 0 Å². The van der Waals surface area contributed by atoms with Crippen LogP contribution in [0.25, 0.3) is 94.1 Å². The van der Waals surface area contributed by atoms with Gasteiger partial charge in [-0.3, -0.25) is 4.57 Å². The van der Waals surface area contributed by atoms with Crippen molar-refractivity contribution in [2.24, 2.45) is 0 Å². The van der Waals surface area contributed by atoms with Crippen LogP contribution in [0.5, 0.6) is 0 Å². The number of hydrogen-bond acceptors (Lipinski definition) is 2. The van der Waals surface area contributed by atoms with Crippen LogP contribution >= 0.6 is 0 Å². The molecule has 3 nitrogen and oxygen atoms in total. The SMILES string of the molecule is c1ccc(-c2ccc(-c3nc(-n4c5ccccc5c5cc6ccccc6cc54)c4cc(-c5ccccc5)c(-c5ccccc5)cc4n3)cc2)cc1. The number of nitrogens with zero attached hydrogens (tertiary/aromatic N) is 3. The molecule has 0 atom stereocenters. The molecule has 2 heterocycles. The van der Waals surface area contributed by atoms with Crippen LogP contribution in [0.3, 0.4) is 0 Å². The van der Waals surface area contributed by atoms with Crippen LogP contribution in [0.4, 0.5) is 0 Å². The van der Waals surface area contributed by atoms with E-state index in [4.69, 9.17) is 9.97 Å². The number of hydrogen-bond donors (Lipinski definition) is 0. The van der Waals surface area contributed by atoms with Crippen molar-refractivity contribution in [2.75, 3.05) is 0 Å². The summed E-state index contributed by atoms with van der Waals surface area (Å²) in [5.74, 6) is 1.55. The molecule has 10 aromatic rings. The molecule has 0 aliphatic rings. The Morgan fingerprint density at radius 1 is 0.333 bits per heavy atom.